The number of anilines is 1. The van der Waals surface area contributed by atoms with Gasteiger partial charge in [0.2, 0.25) is 0 Å². The molecule has 2 aromatic carbocycles. The van der Waals surface area contributed by atoms with Crippen LogP contribution >= 0.6 is 34.8 Å². The van der Waals surface area contributed by atoms with Crippen LogP contribution in [0.2, 0.25) is 15.1 Å². The molecule has 7 heteroatoms. The van der Waals surface area contributed by atoms with Crippen molar-refractivity contribution in [2.24, 2.45) is 0 Å². The fourth-order valence-corrected chi connectivity index (χ4v) is 2.55. The minimum absolute atomic E-state index is 0.271. The zero-order valence-corrected chi connectivity index (χ0v) is 14.5. The Morgan fingerprint density at radius 3 is 2.48 bits per heavy atom. The van der Waals surface area contributed by atoms with E-state index in [1.165, 1.54) is 0 Å². The summed E-state index contributed by atoms with van der Waals surface area (Å²) in [6.07, 6.45) is -0.344. The number of carbonyl (C=O) groups excluding carboxylic acids is 1. The summed E-state index contributed by atoms with van der Waals surface area (Å²) in [5, 5.41) is 6.79. The summed E-state index contributed by atoms with van der Waals surface area (Å²) < 4.78 is 5.39. The number of urea groups is 1. The molecule has 0 saturated carbocycles. The first-order valence-electron chi connectivity index (χ1n) is 6.78. The van der Waals surface area contributed by atoms with E-state index in [1.807, 2.05) is 18.2 Å². The van der Waals surface area contributed by atoms with E-state index in [9.17, 15) is 4.79 Å². The number of methoxy groups -OCH3 is 1. The molecule has 0 aliphatic carbocycles. The monoisotopic (exact) mass is 372 g/mol. The minimum Gasteiger partial charge on any atom is -0.375 e. The van der Waals surface area contributed by atoms with Crippen LogP contribution < -0.4 is 10.6 Å². The second-order valence-electron chi connectivity index (χ2n) is 4.71. The highest BCUT2D eigenvalue weighted by atomic mass is 35.5. The Bertz CT molecular complexity index is 695. The first kappa shape index (κ1) is 17.9. The zero-order valence-electron chi connectivity index (χ0n) is 12.3. The number of ether oxygens (including phenoxy) is 1. The van der Waals surface area contributed by atoms with Gasteiger partial charge >= 0.3 is 6.03 Å². The summed E-state index contributed by atoms with van der Waals surface area (Å²) in [7, 11) is 1.56. The SMILES string of the molecule is COC(CNC(=O)Nc1ccc(Cl)c(Cl)c1)c1ccccc1Cl. The van der Waals surface area contributed by atoms with E-state index in [2.05, 4.69) is 10.6 Å². The van der Waals surface area contributed by atoms with Crippen molar-refractivity contribution in [2.45, 2.75) is 6.10 Å². The third-order valence-corrected chi connectivity index (χ3v) is 4.25. The van der Waals surface area contributed by atoms with Crippen LogP contribution in [-0.4, -0.2) is 19.7 Å². The highest BCUT2D eigenvalue weighted by molar-refractivity contribution is 6.42. The van der Waals surface area contributed by atoms with Crippen LogP contribution in [-0.2, 0) is 4.74 Å². The summed E-state index contributed by atoms with van der Waals surface area (Å²) in [6.45, 7) is 0.271. The minimum atomic E-state index is -0.377. The smallest absolute Gasteiger partial charge is 0.319 e. The van der Waals surface area contributed by atoms with Gasteiger partial charge in [0, 0.05) is 29.9 Å². The lowest BCUT2D eigenvalue weighted by atomic mass is 10.1. The lowest BCUT2D eigenvalue weighted by molar-refractivity contribution is 0.104. The summed E-state index contributed by atoms with van der Waals surface area (Å²) in [6, 6.07) is 11.8. The van der Waals surface area contributed by atoms with Gasteiger partial charge in [0.1, 0.15) is 6.10 Å². The maximum absolute atomic E-state index is 12.0. The lowest BCUT2D eigenvalue weighted by Crippen LogP contribution is -2.33. The largest absolute Gasteiger partial charge is 0.375 e. The number of hydrogen-bond acceptors (Lipinski definition) is 2. The van der Waals surface area contributed by atoms with E-state index in [0.29, 0.717) is 20.8 Å². The number of carbonyl (C=O) groups is 1. The van der Waals surface area contributed by atoms with Gasteiger partial charge in [0.05, 0.1) is 10.0 Å². The van der Waals surface area contributed by atoms with Gasteiger partial charge < -0.3 is 15.4 Å². The maximum atomic E-state index is 12.0. The molecule has 2 aromatic rings. The zero-order chi connectivity index (χ0) is 16.8. The molecule has 2 amide bonds. The number of amides is 2. The molecular weight excluding hydrogens is 359 g/mol. The van der Waals surface area contributed by atoms with Crippen molar-refractivity contribution < 1.29 is 9.53 Å². The molecule has 0 spiro atoms. The van der Waals surface area contributed by atoms with Crippen molar-refractivity contribution in [3.63, 3.8) is 0 Å². The molecule has 2 N–H and O–H groups in total. The highest BCUT2D eigenvalue weighted by Gasteiger charge is 2.15. The predicted octanol–water partition coefficient (Wildman–Crippen LogP) is 5.16. The number of hydrogen-bond donors (Lipinski definition) is 2. The van der Waals surface area contributed by atoms with Crippen molar-refractivity contribution in [3.05, 3.63) is 63.1 Å². The summed E-state index contributed by atoms with van der Waals surface area (Å²) in [5.41, 5.74) is 1.36. The molecule has 23 heavy (non-hydrogen) atoms. The molecule has 122 valence electrons. The fourth-order valence-electron chi connectivity index (χ4n) is 1.99. The maximum Gasteiger partial charge on any atom is 0.319 e. The van der Waals surface area contributed by atoms with E-state index in [4.69, 9.17) is 39.5 Å². The number of benzene rings is 2. The average molecular weight is 374 g/mol. The molecular formula is C16H15Cl3N2O2. The quantitative estimate of drug-likeness (QED) is 0.761. The van der Waals surface area contributed by atoms with Crippen LogP contribution in [0.5, 0.6) is 0 Å². The van der Waals surface area contributed by atoms with E-state index >= 15 is 0 Å². The van der Waals surface area contributed by atoms with Crippen LogP contribution in [0.3, 0.4) is 0 Å². The second-order valence-corrected chi connectivity index (χ2v) is 5.93. The average Bonchev–Trinajstić information content (AvgIpc) is 2.53. The van der Waals surface area contributed by atoms with Gasteiger partial charge in [-0.2, -0.15) is 0 Å². The number of rotatable bonds is 5. The summed E-state index contributed by atoms with van der Waals surface area (Å²) >= 11 is 17.9. The standard InChI is InChI=1S/C16H15Cl3N2O2/c1-23-15(11-4-2-3-5-12(11)17)9-20-16(22)21-10-6-7-13(18)14(19)8-10/h2-8,15H,9H2,1H3,(H2,20,21,22). The van der Waals surface area contributed by atoms with Crippen LogP contribution in [0, 0.1) is 0 Å². The molecule has 0 saturated heterocycles. The van der Waals surface area contributed by atoms with Gasteiger partial charge in [0.15, 0.2) is 0 Å². The Morgan fingerprint density at radius 1 is 1.09 bits per heavy atom. The lowest BCUT2D eigenvalue weighted by Gasteiger charge is -2.18. The fraction of sp³-hybridized carbons (Fsp3) is 0.188. The van der Waals surface area contributed by atoms with Crippen molar-refractivity contribution in [2.75, 3.05) is 19.0 Å². The Labute approximate surface area is 149 Å². The van der Waals surface area contributed by atoms with Gasteiger partial charge in [-0.3, -0.25) is 0 Å². The molecule has 4 nitrogen and oxygen atoms in total. The Hall–Kier alpha value is -1.46. The second kappa shape index (κ2) is 8.41. The van der Waals surface area contributed by atoms with Crippen LogP contribution in [0.4, 0.5) is 10.5 Å². The van der Waals surface area contributed by atoms with Gasteiger partial charge in [0.25, 0.3) is 0 Å². The van der Waals surface area contributed by atoms with Crippen LogP contribution in [0.25, 0.3) is 0 Å². The van der Waals surface area contributed by atoms with Gasteiger partial charge in [-0.1, -0.05) is 53.0 Å². The number of nitrogens with one attached hydrogen (secondary N) is 2. The first-order chi connectivity index (χ1) is 11.0. The Kier molecular flexibility index (Phi) is 6.54. The Morgan fingerprint density at radius 2 is 1.83 bits per heavy atom. The van der Waals surface area contributed by atoms with Gasteiger partial charge in [-0.15, -0.1) is 0 Å². The van der Waals surface area contributed by atoms with Crippen molar-refractivity contribution in [1.82, 2.24) is 5.32 Å². The van der Waals surface area contributed by atoms with Crippen molar-refractivity contribution >= 4 is 46.5 Å². The third-order valence-electron chi connectivity index (χ3n) is 3.16. The first-order valence-corrected chi connectivity index (χ1v) is 7.91. The molecule has 1 unspecified atom stereocenters. The normalized spacial score (nSPS) is 11.8. The molecule has 0 bridgehead atoms. The van der Waals surface area contributed by atoms with E-state index in [0.717, 1.165) is 5.56 Å². The molecule has 0 heterocycles. The van der Waals surface area contributed by atoms with E-state index in [-0.39, 0.29) is 18.7 Å². The molecule has 0 radical (unpaired) electrons. The van der Waals surface area contributed by atoms with Crippen molar-refractivity contribution in [1.29, 1.82) is 0 Å². The molecule has 1 atom stereocenters. The Balaban J connectivity index is 1.94. The molecule has 0 aliphatic rings. The summed E-state index contributed by atoms with van der Waals surface area (Å²) in [4.78, 5) is 12.0. The number of halogens is 3. The summed E-state index contributed by atoms with van der Waals surface area (Å²) in [5.74, 6) is 0. The van der Waals surface area contributed by atoms with Gasteiger partial charge in [-0.25, -0.2) is 4.79 Å². The highest BCUT2D eigenvalue weighted by Crippen LogP contribution is 2.26. The van der Waals surface area contributed by atoms with Crippen LogP contribution in [0.1, 0.15) is 11.7 Å². The van der Waals surface area contributed by atoms with E-state index < -0.39 is 0 Å². The molecule has 0 aliphatic heterocycles. The predicted molar refractivity (Wildman–Crippen MR) is 94.7 cm³/mol. The molecule has 0 fully saturated rings. The molecule has 2 rings (SSSR count). The van der Waals surface area contributed by atoms with E-state index in [1.54, 1.807) is 31.4 Å². The molecule has 0 aromatic heterocycles. The van der Waals surface area contributed by atoms with Crippen molar-refractivity contribution in [3.8, 4) is 0 Å². The van der Waals surface area contributed by atoms with Crippen LogP contribution in [0.15, 0.2) is 42.5 Å². The topological polar surface area (TPSA) is 50.4 Å². The third kappa shape index (κ3) is 5.01. The van der Waals surface area contributed by atoms with Gasteiger partial charge in [-0.05, 0) is 24.3 Å².